The van der Waals surface area contributed by atoms with E-state index in [4.69, 9.17) is 23.2 Å². The van der Waals surface area contributed by atoms with Gasteiger partial charge in [0.2, 0.25) is 0 Å². The average Bonchev–Trinajstić information content (AvgIpc) is 2.62. The van der Waals surface area contributed by atoms with Gasteiger partial charge in [0, 0.05) is 34.3 Å². The number of piperidine rings is 1. The highest BCUT2D eigenvalue weighted by atomic mass is 35.5. The summed E-state index contributed by atoms with van der Waals surface area (Å²) in [5.41, 5.74) is 3.57. The van der Waals surface area contributed by atoms with E-state index in [1.807, 2.05) is 60.7 Å². The molecule has 1 heterocycles. The fourth-order valence-corrected chi connectivity index (χ4v) is 3.11. The van der Waals surface area contributed by atoms with E-state index in [1.54, 1.807) is 0 Å². The van der Waals surface area contributed by atoms with Crippen molar-refractivity contribution < 1.29 is 4.79 Å². The Hall–Kier alpha value is -1.58. The SMILES string of the molecule is CCN1CC(=Cc2ccc(Cl)cc2)C(=O)C(=Cc2ccc(Cl)cc2)C1.Cl. The number of likely N-dealkylation sites (tertiary alicyclic amines) is 1. The summed E-state index contributed by atoms with van der Waals surface area (Å²) < 4.78 is 0. The van der Waals surface area contributed by atoms with Crippen LogP contribution in [0.25, 0.3) is 12.2 Å². The molecule has 1 fully saturated rings. The van der Waals surface area contributed by atoms with Gasteiger partial charge in [-0.1, -0.05) is 54.4 Å². The van der Waals surface area contributed by atoms with Crippen LogP contribution in [0, 0.1) is 0 Å². The number of hydrogen-bond donors (Lipinski definition) is 0. The summed E-state index contributed by atoms with van der Waals surface area (Å²) in [4.78, 5) is 15.2. The molecule has 3 rings (SSSR count). The van der Waals surface area contributed by atoms with Gasteiger partial charge in [-0.05, 0) is 54.1 Å². The predicted molar refractivity (Wildman–Crippen MR) is 113 cm³/mol. The summed E-state index contributed by atoms with van der Waals surface area (Å²) in [5.74, 6) is 0.106. The Labute approximate surface area is 170 Å². The summed E-state index contributed by atoms with van der Waals surface area (Å²) in [7, 11) is 0. The fourth-order valence-electron chi connectivity index (χ4n) is 2.85. The van der Waals surface area contributed by atoms with Crippen molar-refractivity contribution in [2.24, 2.45) is 0 Å². The first-order valence-corrected chi connectivity index (χ1v) is 9.00. The number of benzene rings is 2. The summed E-state index contributed by atoms with van der Waals surface area (Å²) in [6, 6.07) is 15.1. The highest BCUT2D eigenvalue weighted by Gasteiger charge is 2.25. The van der Waals surface area contributed by atoms with E-state index in [0.29, 0.717) is 23.1 Å². The molecule has 0 atom stereocenters. The first-order chi connectivity index (χ1) is 12.0. The topological polar surface area (TPSA) is 20.3 Å². The van der Waals surface area contributed by atoms with Gasteiger partial charge in [-0.25, -0.2) is 0 Å². The Kier molecular flexibility index (Phi) is 7.48. The maximum absolute atomic E-state index is 12.9. The van der Waals surface area contributed by atoms with E-state index >= 15 is 0 Å². The van der Waals surface area contributed by atoms with Crippen molar-refractivity contribution >= 4 is 53.5 Å². The lowest BCUT2D eigenvalue weighted by molar-refractivity contribution is -0.113. The number of halogens is 3. The molecule has 0 aromatic heterocycles. The van der Waals surface area contributed by atoms with E-state index in [2.05, 4.69) is 11.8 Å². The molecule has 5 heteroatoms. The van der Waals surface area contributed by atoms with Gasteiger partial charge in [0.1, 0.15) is 0 Å². The van der Waals surface area contributed by atoms with Gasteiger partial charge in [0.25, 0.3) is 0 Å². The zero-order valence-electron chi connectivity index (χ0n) is 14.4. The lowest BCUT2D eigenvalue weighted by Gasteiger charge is -2.28. The zero-order chi connectivity index (χ0) is 17.8. The minimum absolute atomic E-state index is 0. The predicted octanol–water partition coefficient (Wildman–Crippen LogP) is 5.79. The molecular formula is C21H20Cl3NO. The minimum Gasteiger partial charge on any atom is -0.295 e. The van der Waals surface area contributed by atoms with Gasteiger partial charge in [0.05, 0.1) is 0 Å². The van der Waals surface area contributed by atoms with E-state index in [9.17, 15) is 4.79 Å². The first-order valence-electron chi connectivity index (χ1n) is 8.24. The van der Waals surface area contributed by atoms with E-state index in [0.717, 1.165) is 28.8 Å². The Bertz CT molecular complexity index is 756. The van der Waals surface area contributed by atoms with Crippen LogP contribution in [0.2, 0.25) is 10.0 Å². The number of carbonyl (C=O) groups is 1. The highest BCUT2D eigenvalue weighted by molar-refractivity contribution is 6.30. The van der Waals surface area contributed by atoms with Crippen LogP contribution in [0.4, 0.5) is 0 Å². The fraction of sp³-hybridized carbons (Fsp3) is 0.190. The van der Waals surface area contributed by atoms with Crippen LogP contribution in [-0.2, 0) is 4.79 Å². The van der Waals surface area contributed by atoms with Gasteiger partial charge in [-0.15, -0.1) is 12.4 Å². The smallest absolute Gasteiger partial charge is 0.187 e. The highest BCUT2D eigenvalue weighted by Crippen LogP contribution is 2.23. The third kappa shape index (κ3) is 5.21. The maximum atomic E-state index is 12.9. The van der Waals surface area contributed by atoms with Crippen molar-refractivity contribution in [1.82, 2.24) is 4.90 Å². The Morgan fingerprint density at radius 2 is 1.23 bits per heavy atom. The Balaban J connectivity index is 0.00000243. The van der Waals surface area contributed by atoms with Crippen molar-refractivity contribution in [2.75, 3.05) is 19.6 Å². The molecule has 1 aliphatic heterocycles. The largest absolute Gasteiger partial charge is 0.295 e. The lowest BCUT2D eigenvalue weighted by atomic mass is 9.94. The second-order valence-corrected chi connectivity index (χ2v) is 6.95. The number of rotatable bonds is 3. The molecule has 0 bridgehead atoms. The van der Waals surface area contributed by atoms with Crippen LogP contribution >= 0.6 is 35.6 Å². The van der Waals surface area contributed by atoms with Gasteiger partial charge in [-0.2, -0.15) is 0 Å². The number of ketones is 1. The molecule has 1 aliphatic rings. The van der Waals surface area contributed by atoms with Gasteiger partial charge < -0.3 is 0 Å². The van der Waals surface area contributed by atoms with Crippen LogP contribution in [0.5, 0.6) is 0 Å². The molecule has 0 amide bonds. The van der Waals surface area contributed by atoms with Crippen molar-refractivity contribution in [3.63, 3.8) is 0 Å². The molecule has 0 saturated carbocycles. The molecule has 136 valence electrons. The van der Waals surface area contributed by atoms with Crippen LogP contribution < -0.4 is 0 Å². The second-order valence-electron chi connectivity index (χ2n) is 6.07. The normalized spacial score (nSPS) is 18.2. The van der Waals surface area contributed by atoms with Gasteiger partial charge in [-0.3, -0.25) is 9.69 Å². The zero-order valence-corrected chi connectivity index (χ0v) is 16.7. The molecule has 0 N–H and O–H groups in total. The quantitative estimate of drug-likeness (QED) is 0.599. The molecule has 0 unspecified atom stereocenters. The Morgan fingerprint density at radius 3 is 1.58 bits per heavy atom. The number of Topliss-reactive ketones (excluding diaryl/α,β-unsaturated/α-hetero) is 1. The first kappa shape index (κ1) is 20.7. The molecule has 2 nitrogen and oxygen atoms in total. The number of carbonyl (C=O) groups excluding carboxylic acids is 1. The van der Waals surface area contributed by atoms with Gasteiger partial charge >= 0.3 is 0 Å². The molecule has 0 radical (unpaired) electrons. The van der Waals surface area contributed by atoms with Crippen molar-refractivity contribution in [3.05, 3.63) is 80.8 Å². The van der Waals surface area contributed by atoms with E-state index < -0.39 is 0 Å². The lowest BCUT2D eigenvalue weighted by Crippen LogP contribution is -2.37. The molecule has 2 aromatic rings. The third-order valence-corrected chi connectivity index (χ3v) is 4.74. The van der Waals surface area contributed by atoms with Gasteiger partial charge in [0.15, 0.2) is 5.78 Å². The van der Waals surface area contributed by atoms with Crippen LogP contribution in [-0.4, -0.2) is 30.3 Å². The standard InChI is InChI=1S/C21H19Cl2NO.ClH/c1-2-24-13-17(11-15-3-7-19(22)8-4-15)21(25)18(14-24)12-16-5-9-20(23)10-6-16;/h3-12H,2,13-14H2,1H3;1H. The van der Waals surface area contributed by atoms with Crippen LogP contribution in [0.3, 0.4) is 0 Å². The van der Waals surface area contributed by atoms with Crippen molar-refractivity contribution in [3.8, 4) is 0 Å². The van der Waals surface area contributed by atoms with Crippen molar-refractivity contribution in [2.45, 2.75) is 6.92 Å². The van der Waals surface area contributed by atoms with E-state index in [-0.39, 0.29) is 18.2 Å². The summed E-state index contributed by atoms with van der Waals surface area (Å²) in [6.45, 7) is 4.32. The molecule has 26 heavy (non-hydrogen) atoms. The molecule has 0 spiro atoms. The Morgan fingerprint density at radius 1 is 0.846 bits per heavy atom. The number of likely N-dealkylation sites (N-methyl/N-ethyl adjacent to an activating group) is 1. The van der Waals surface area contributed by atoms with Crippen molar-refractivity contribution in [1.29, 1.82) is 0 Å². The number of hydrogen-bond acceptors (Lipinski definition) is 2. The summed E-state index contributed by atoms with van der Waals surface area (Å²) in [6.07, 6.45) is 3.91. The van der Waals surface area contributed by atoms with Crippen LogP contribution in [0.1, 0.15) is 18.1 Å². The average molecular weight is 409 g/mol. The van der Waals surface area contributed by atoms with Crippen LogP contribution in [0.15, 0.2) is 59.7 Å². The van der Waals surface area contributed by atoms with E-state index in [1.165, 1.54) is 0 Å². The third-order valence-electron chi connectivity index (χ3n) is 4.24. The second kappa shape index (κ2) is 9.38. The molecular weight excluding hydrogens is 389 g/mol. The summed E-state index contributed by atoms with van der Waals surface area (Å²) >= 11 is 11.9. The molecule has 2 aromatic carbocycles. The maximum Gasteiger partial charge on any atom is 0.187 e. The number of nitrogens with zero attached hydrogens (tertiary/aromatic N) is 1. The summed E-state index contributed by atoms with van der Waals surface area (Å²) in [5, 5.41) is 1.38. The monoisotopic (exact) mass is 407 g/mol. The minimum atomic E-state index is 0. The molecule has 1 saturated heterocycles. The molecule has 0 aliphatic carbocycles.